The number of carboxylic acids is 1. The van der Waals surface area contributed by atoms with Crippen molar-refractivity contribution in [3.05, 3.63) is 41.4 Å². The second-order valence-corrected chi connectivity index (χ2v) is 13.1. The number of pyridine rings is 1. The molecule has 0 aliphatic carbocycles. The van der Waals surface area contributed by atoms with Crippen LogP contribution in [0.25, 0.3) is 10.9 Å². The molecule has 2 atom stereocenters. The summed E-state index contributed by atoms with van der Waals surface area (Å²) < 4.78 is 41.1. The van der Waals surface area contributed by atoms with E-state index < -0.39 is 58.2 Å². The van der Waals surface area contributed by atoms with E-state index in [0.717, 1.165) is 48.5 Å². The quantitative estimate of drug-likeness (QED) is 0.0618. The molecule has 1 aromatic carbocycles. The van der Waals surface area contributed by atoms with Gasteiger partial charge in [0.25, 0.3) is 17.9 Å². The van der Waals surface area contributed by atoms with E-state index in [4.69, 9.17) is 19.9 Å². The number of fused-ring (bicyclic) bond motifs is 1. The summed E-state index contributed by atoms with van der Waals surface area (Å²) in [5, 5.41) is 25.2. The molecule has 0 radical (unpaired) electrons. The third kappa shape index (κ3) is 8.03. The summed E-state index contributed by atoms with van der Waals surface area (Å²) in [5.41, 5.74) is 4.39. The molecule has 20 heteroatoms. The number of rotatable bonds is 13. The maximum Gasteiger partial charge on any atom is 0.418 e. The van der Waals surface area contributed by atoms with Gasteiger partial charge in [-0.2, -0.15) is 13.5 Å². The molecule has 2 aliphatic heterocycles. The minimum absolute atomic E-state index is 0.0615. The summed E-state index contributed by atoms with van der Waals surface area (Å²) in [7, 11) is -5.02. The van der Waals surface area contributed by atoms with Crippen LogP contribution >= 0.6 is 11.3 Å². The topological polar surface area (TPSA) is 257 Å². The van der Waals surface area contributed by atoms with Gasteiger partial charge in [-0.25, -0.2) is 14.8 Å². The number of carbonyl (C=O) groups excluding carboxylic acids is 2. The standard InChI is InChI=1S/C27H32N8O10S2/c1-27(2)22(24(37)35(27)45-47(40,41)42)33-23(36)21(18-13-46-26(28)32-18)34-44-19(25(38)39)12-43-16-4-5-17-14(11-16)3-6-20(31-17)30-15-7-9-29-10-8-15/h3-6,11,13,15,19,22,29H,7-10,12H2,1-2H3,(H2,28,32)(H,30,31)(H,33,36)(H,38,39)(H,40,41,42)/b34-21-/t19-,22?/m0/s1. The number of ether oxygens (including phenoxy) is 1. The van der Waals surface area contributed by atoms with Gasteiger partial charge in [0.15, 0.2) is 10.8 Å². The number of thiazole rings is 1. The number of nitrogens with one attached hydrogen (secondary N) is 3. The molecule has 4 heterocycles. The summed E-state index contributed by atoms with van der Waals surface area (Å²) in [6.45, 7) is 4.12. The van der Waals surface area contributed by atoms with Crippen molar-refractivity contribution in [2.24, 2.45) is 5.16 Å². The van der Waals surface area contributed by atoms with E-state index in [1.54, 1.807) is 18.2 Å². The summed E-state index contributed by atoms with van der Waals surface area (Å²) >= 11 is 0.962. The molecule has 2 fully saturated rings. The van der Waals surface area contributed by atoms with Crippen LogP contribution in [0.2, 0.25) is 0 Å². The Bertz CT molecular complexity index is 1810. The van der Waals surface area contributed by atoms with Gasteiger partial charge in [0.05, 0.1) is 11.1 Å². The Morgan fingerprint density at radius 2 is 1.98 bits per heavy atom. The molecule has 0 spiro atoms. The summed E-state index contributed by atoms with van der Waals surface area (Å²) in [6, 6.07) is 7.83. The second kappa shape index (κ2) is 13.6. The average molecular weight is 693 g/mol. The van der Waals surface area contributed by atoms with Crippen LogP contribution in [0.1, 0.15) is 32.4 Å². The predicted octanol–water partition coefficient (Wildman–Crippen LogP) is 0.530. The first-order chi connectivity index (χ1) is 22.2. The van der Waals surface area contributed by atoms with Crippen LogP contribution in [0.5, 0.6) is 5.75 Å². The van der Waals surface area contributed by atoms with E-state index in [2.05, 4.69) is 35.4 Å². The third-order valence-corrected chi connectivity index (χ3v) is 8.41. The van der Waals surface area contributed by atoms with Crippen molar-refractivity contribution in [2.45, 2.75) is 50.4 Å². The van der Waals surface area contributed by atoms with Crippen molar-refractivity contribution in [1.82, 2.24) is 25.7 Å². The van der Waals surface area contributed by atoms with Gasteiger partial charge in [-0.1, -0.05) is 5.16 Å². The maximum atomic E-state index is 13.2. The molecular weight excluding hydrogens is 660 g/mol. The highest BCUT2D eigenvalue weighted by molar-refractivity contribution is 7.80. The summed E-state index contributed by atoms with van der Waals surface area (Å²) in [5.74, 6) is -2.36. The molecule has 0 saturated carbocycles. The van der Waals surface area contributed by atoms with Gasteiger partial charge in [0.1, 0.15) is 29.9 Å². The third-order valence-electron chi connectivity index (χ3n) is 7.40. The predicted molar refractivity (Wildman–Crippen MR) is 168 cm³/mol. The molecule has 2 saturated heterocycles. The number of hydrogen-bond donors (Lipinski definition) is 6. The largest absolute Gasteiger partial charge is 0.489 e. The Morgan fingerprint density at radius 1 is 1.23 bits per heavy atom. The number of hydrogen-bond acceptors (Lipinski definition) is 15. The first kappa shape index (κ1) is 33.7. The summed E-state index contributed by atoms with van der Waals surface area (Å²) in [6.07, 6.45) is 0.318. The van der Waals surface area contributed by atoms with Crippen molar-refractivity contribution in [3.63, 3.8) is 0 Å². The normalized spacial score (nSPS) is 19.1. The highest BCUT2D eigenvalue weighted by Crippen LogP contribution is 2.33. The van der Waals surface area contributed by atoms with Crippen molar-refractivity contribution in [2.75, 3.05) is 30.7 Å². The molecule has 3 aromatic rings. The van der Waals surface area contributed by atoms with E-state index in [-0.39, 0.29) is 10.8 Å². The van der Waals surface area contributed by atoms with E-state index in [9.17, 15) is 27.9 Å². The lowest BCUT2D eigenvalue weighted by Gasteiger charge is -2.50. The van der Waals surface area contributed by atoms with E-state index in [1.165, 1.54) is 19.2 Å². The van der Waals surface area contributed by atoms with Crippen LogP contribution in [-0.2, 0) is 33.9 Å². The highest BCUT2D eigenvalue weighted by atomic mass is 32.3. The zero-order valence-electron chi connectivity index (χ0n) is 25.1. The van der Waals surface area contributed by atoms with Crippen LogP contribution in [0, 0.1) is 0 Å². The van der Waals surface area contributed by atoms with Gasteiger partial charge < -0.3 is 36.4 Å². The minimum Gasteiger partial charge on any atom is -0.489 e. The van der Waals surface area contributed by atoms with Crippen molar-refractivity contribution < 1.29 is 46.3 Å². The number of nitrogen functional groups attached to an aromatic ring is 1. The van der Waals surface area contributed by atoms with E-state index >= 15 is 0 Å². The first-order valence-electron chi connectivity index (χ1n) is 14.2. The Labute approximate surface area is 272 Å². The Kier molecular flexibility index (Phi) is 9.77. The van der Waals surface area contributed by atoms with Crippen molar-refractivity contribution in [3.8, 4) is 5.75 Å². The number of nitrogens with two attached hydrogens (primary N) is 1. The van der Waals surface area contributed by atoms with Crippen LogP contribution in [-0.4, -0.2) is 100 Å². The lowest BCUT2D eigenvalue weighted by molar-refractivity contribution is -0.218. The molecule has 5 rings (SSSR count). The number of carbonyl (C=O) groups is 3. The monoisotopic (exact) mass is 692 g/mol. The van der Waals surface area contributed by atoms with Gasteiger partial charge in [-0.15, -0.1) is 15.6 Å². The number of benzene rings is 1. The SMILES string of the molecule is CC1(C)C(NC(=O)/C(=N\O[C@@H](COc2ccc3nc(NC4CCNCC4)ccc3c2)C(=O)O)c2csc(N)n2)C(=O)N1OS(=O)(=O)O. The molecule has 1 unspecified atom stereocenters. The number of amides is 2. The number of anilines is 2. The number of β-lactam (4-membered cyclic amide) rings is 1. The first-order valence-corrected chi connectivity index (χ1v) is 16.5. The van der Waals surface area contributed by atoms with Crippen molar-refractivity contribution >= 4 is 67.1 Å². The van der Waals surface area contributed by atoms with Crippen LogP contribution < -0.4 is 26.4 Å². The molecule has 2 aromatic heterocycles. The number of nitrogens with zero attached hydrogens (tertiary/aromatic N) is 4. The number of carboxylic acid groups (broad SMARTS) is 1. The molecular formula is C27H32N8O10S2. The number of piperidine rings is 1. The Balaban J connectivity index is 1.26. The van der Waals surface area contributed by atoms with Gasteiger partial charge in [-0.05, 0) is 70.1 Å². The van der Waals surface area contributed by atoms with Crippen molar-refractivity contribution in [1.29, 1.82) is 0 Å². The lowest BCUT2D eigenvalue weighted by atomic mass is 9.84. The van der Waals surface area contributed by atoms with Gasteiger partial charge in [0, 0.05) is 16.8 Å². The molecule has 2 aliphatic rings. The Hall–Kier alpha value is -4.63. The molecule has 7 N–H and O–H groups in total. The fraction of sp³-hybridized carbons (Fsp3) is 0.407. The number of aliphatic carboxylic acids is 1. The smallest absolute Gasteiger partial charge is 0.418 e. The molecule has 2 amide bonds. The minimum atomic E-state index is -5.02. The lowest BCUT2D eigenvalue weighted by Crippen LogP contribution is -2.76. The fourth-order valence-corrected chi connectivity index (χ4v) is 5.91. The zero-order valence-corrected chi connectivity index (χ0v) is 26.7. The number of aromatic nitrogens is 2. The number of oxime groups is 1. The summed E-state index contributed by atoms with van der Waals surface area (Å²) in [4.78, 5) is 51.6. The van der Waals surface area contributed by atoms with Gasteiger partial charge in [0.2, 0.25) is 0 Å². The van der Waals surface area contributed by atoms with Gasteiger partial charge >= 0.3 is 16.4 Å². The van der Waals surface area contributed by atoms with Crippen LogP contribution in [0.4, 0.5) is 10.9 Å². The molecule has 252 valence electrons. The fourth-order valence-electron chi connectivity index (χ4n) is 4.90. The average Bonchev–Trinajstić information content (AvgIpc) is 3.45. The second-order valence-electron chi connectivity index (χ2n) is 11.2. The molecule has 0 bridgehead atoms. The highest BCUT2D eigenvalue weighted by Gasteiger charge is 2.58. The van der Waals surface area contributed by atoms with Crippen LogP contribution in [0.3, 0.4) is 0 Å². The van der Waals surface area contributed by atoms with E-state index in [0.29, 0.717) is 22.4 Å². The molecule has 18 nitrogen and oxygen atoms in total. The molecule has 47 heavy (non-hydrogen) atoms. The van der Waals surface area contributed by atoms with Crippen LogP contribution in [0.15, 0.2) is 40.9 Å². The Morgan fingerprint density at radius 3 is 2.62 bits per heavy atom. The maximum absolute atomic E-state index is 13.2. The zero-order chi connectivity index (χ0) is 33.9. The van der Waals surface area contributed by atoms with Gasteiger partial charge in [-0.3, -0.25) is 14.1 Å². The number of hydroxylamine groups is 2. The van der Waals surface area contributed by atoms with E-state index in [1.807, 2.05) is 12.1 Å².